The maximum absolute atomic E-state index is 12.8. The Kier molecular flexibility index (Phi) is 13.2. The zero-order valence-corrected chi connectivity index (χ0v) is 21.0. The lowest BCUT2D eigenvalue weighted by molar-refractivity contribution is -0.125. The van der Waals surface area contributed by atoms with Crippen molar-refractivity contribution in [1.82, 2.24) is 15.6 Å². The Labute approximate surface area is 204 Å². The molecule has 0 aliphatic carbocycles. The lowest BCUT2D eigenvalue weighted by atomic mass is 10.1. The second-order valence-corrected chi connectivity index (χ2v) is 9.25. The number of hydrogen-bond acceptors (Lipinski definition) is 4. The van der Waals surface area contributed by atoms with Crippen molar-refractivity contribution >= 4 is 22.6 Å². The van der Waals surface area contributed by atoms with E-state index in [1.165, 1.54) is 71.1 Å². The van der Waals surface area contributed by atoms with Gasteiger partial charge in [-0.05, 0) is 24.8 Å². The van der Waals surface area contributed by atoms with Crippen molar-refractivity contribution < 1.29 is 14.7 Å². The fourth-order valence-electron chi connectivity index (χ4n) is 4.20. The number of aromatic nitrogens is 1. The van der Waals surface area contributed by atoms with Crippen LogP contribution in [-0.2, 0) is 4.79 Å². The Bertz CT molecular complexity index is 864. The van der Waals surface area contributed by atoms with E-state index in [9.17, 15) is 14.7 Å². The molecule has 0 saturated heterocycles. The number of pyridine rings is 1. The first kappa shape index (κ1) is 27.8. The SMILES string of the molecule is CCCCCCCCCCCCCCNC(=O)[C@@H](NC(=O)c1nccc2ccccc12)[C@@H](C)O. The predicted octanol–water partition coefficient (Wildman–Crippen LogP) is 5.53. The number of hydrogen-bond donors (Lipinski definition) is 3. The average molecular weight is 470 g/mol. The van der Waals surface area contributed by atoms with Crippen molar-refractivity contribution in [3.05, 3.63) is 42.2 Å². The monoisotopic (exact) mass is 469 g/mol. The molecule has 3 N–H and O–H groups in total. The zero-order valence-electron chi connectivity index (χ0n) is 21.0. The molecule has 2 aromatic rings. The molecule has 0 aliphatic heterocycles. The van der Waals surface area contributed by atoms with Gasteiger partial charge in [0.1, 0.15) is 11.7 Å². The molecule has 0 unspecified atom stereocenters. The molecule has 0 fully saturated rings. The first-order valence-electron chi connectivity index (χ1n) is 13.1. The number of carbonyl (C=O) groups excluding carboxylic acids is 2. The minimum absolute atomic E-state index is 0.248. The largest absolute Gasteiger partial charge is 0.391 e. The summed E-state index contributed by atoms with van der Waals surface area (Å²) in [7, 11) is 0. The summed E-state index contributed by atoms with van der Waals surface area (Å²) >= 11 is 0. The molecule has 0 spiro atoms. The van der Waals surface area contributed by atoms with Gasteiger partial charge in [0.2, 0.25) is 5.91 Å². The number of amides is 2. The summed E-state index contributed by atoms with van der Waals surface area (Å²) < 4.78 is 0. The molecular formula is C28H43N3O3. The van der Waals surface area contributed by atoms with Gasteiger partial charge in [0.15, 0.2) is 0 Å². The molecule has 0 saturated carbocycles. The maximum atomic E-state index is 12.8. The van der Waals surface area contributed by atoms with Gasteiger partial charge < -0.3 is 15.7 Å². The first-order valence-corrected chi connectivity index (χ1v) is 13.1. The van der Waals surface area contributed by atoms with E-state index < -0.39 is 18.1 Å². The summed E-state index contributed by atoms with van der Waals surface area (Å²) in [4.78, 5) is 29.6. The summed E-state index contributed by atoms with van der Waals surface area (Å²) in [6, 6.07) is 8.27. The van der Waals surface area contributed by atoms with Crippen LogP contribution in [0.5, 0.6) is 0 Å². The molecule has 6 nitrogen and oxygen atoms in total. The van der Waals surface area contributed by atoms with Gasteiger partial charge in [-0.15, -0.1) is 0 Å². The number of fused-ring (bicyclic) bond motifs is 1. The van der Waals surface area contributed by atoms with Crippen molar-refractivity contribution in [2.24, 2.45) is 0 Å². The van der Waals surface area contributed by atoms with Crippen LogP contribution in [0.25, 0.3) is 10.8 Å². The second kappa shape index (κ2) is 16.2. The van der Waals surface area contributed by atoms with Crippen molar-refractivity contribution in [2.75, 3.05) is 6.54 Å². The maximum Gasteiger partial charge on any atom is 0.271 e. The van der Waals surface area contributed by atoms with Crippen LogP contribution in [0.3, 0.4) is 0 Å². The third kappa shape index (κ3) is 9.80. The molecule has 2 atom stereocenters. The van der Waals surface area contributed by atoms with Gasteiger partial charge >= 0.3 is 0 Å². The van der Waals surface area contributed by atoms with E-state index in [4.69, 9.17) is 0 Å². The fraction of sp³-hybridized carbons (Fsp3) is 0.607. The predicted molar refractivity (Wildman–Crippen MR) is 139 cm³/mol. The molecule has 0 bridgehead atoms. The van der Waals surface area contributed by atoms with Gasteiger partial charge in [-0.25, -0.2) is 0 Å². The van der Waals surface area contributed by atoms with Crippen molar-refractivity contribution in [3.63, 3.8) is 0 Å². The van der Waals surface area contributed by atoms with E-state index in [1.807, 2.05) is 30.3 Å². The van der Waals surface area contributed by atoms with E-state index in [2.05, 4.69) is 22.5 Å². The smallest absolute Gasteiger partial charge is 0.271 e. The third-order valence-corrected chi connectivity index (χ3v) is 6.27. The second-order valence-electron chi connectivity index (χ2n) is 9.25. The van der Waals surface area contributed by atoms with Crippen LogP contribution < -0.4 is 10.6 Å². The van der Waals surface area contributed by atoms with Crippen LogP contribution in [0.1, 0.15) is 101 Å². The van der Waals surface area contributed by atoms with Crippen LogP contribution in [-0.4, -0.2) is 40.6 Å². The molecule has 2 rings (SSSR count). The minimum atomic E-state index is -1.02. The normalized spacial score (nSPS) is 12.9. The van der Waals surface area contributed by atoms with Crippen LogP contribution in [0, 0.1) is 0 Å². The van der Waals surface area contributed by atoms with Crippen LogP contribution >= 0.6 is 0 Å². The number of nitrogens with one attached hydrogen (secondary N) is 2. The quantitative estimate of drug-likeness (QED) is 0.266. The van der Waals surface area contributed by atoms with Gasteiger partial charge in [0.25, 0.3) is 5.91 Å². The molecule has 6 heteroatoms. The standard InChI is InChI=1S/C28H43N3O3/c1-3-4-5-6-7-8-9-10-11-12-13-16-20-30-27(33)25(22(2)32)31-28(34)26-24-18-15-14-17-23(24)19-21-29-26/h14-15,17-19,21-22,25,32H,3-13,16,20H2,1-2H3,(H,30,33)(H,31,34)/t22-,25+/m1/s1. The summed E-state index contributed by atoms with van der Waals surface area (Å²) in [5, 5.41) is 17.2. The number of aliphatic hydroxyl groups is 1. The minimum Gasteiger partial charge on any atom is -0.391 e. The van der Waals surface area contributed by atoms with E-state index >= 15 is 0 Å². The topological polar surface area (TPSA) is 91.3 Å². The van der Waals surface area contributed by atoms with Gasteiger partial charge in [0.05, 0.1) is 6.10 Å². The number of carbonyl (C=O) groups is 2. The Morgan fingerprint density at radius 1 is 0.882 bits per heavy atom. The summed E-state index contributed by atoms with van der Waals surface area (Å²) in [6.07, 6.45) is 15.7. The Balaban J connectivity index is 1.65. The molecule has 2 amide bonds. The van der Waals surface area contributed by atoms with Crippen LogP contribution in [0.15, 0.2) is 36.5 Å². The Morgan fingerprint density at radius 2 is 1.47 bits per heavy atom. The lowest BCUT2D eigenvalue weighted by Gasteiger charge is -2.21. The van der Waals surface area contributed by atoms with Gasteiger partial charge in [-0.2, -0.15) is 0 Å². The van der Waals surface area contributed by atoms with E-state index in [-0.39, 0.29) is 11.6 Å². The molecule has 1 aromatic carbocycles. The van der Waals surface area contributed by atoms with Crippen LogP contribution in [0.2, 0.25) is 0 Å². The van der Waals surface area contributed by atoms with Gasteiger partial charge in [-0.3, -0.25) is 14.6 Å². The number of nitrogens with zero attached hydrogens (tertiary/aromatic N) is 1. The average Bonchev–Trinajstić information content (AvgIpc) is 2.84. The van der Waals surface area contributed by atoms with E-state index in [0.717, 1.165) is 18.2 Å². The highest BCUT2D eigenvalue weighted by atomic mass is 16.3. The van der Waals surface area contributed by atoms with E-state index in [1.54, 1.807) is 6.20 Å². The van der Waals surface area contributed by atoms with Crippen molar-refractivity contribution in [1.29, 1.82) is 0 Å². The van der Waals surface area contributed by atoms with E-state index in [0.29, 0.717) is 11.9 Å². The summed E-state index contributed by atoms with van der Waals surface area (Å²) in [5.74, 6) is -0.838. The molecule has 0 radical (unpaired) electrons. The number of rotatable bonds is 17. The van der Waals surface area contributed by atoms with Crippen molar-refractivity contribution in [3.8, 4) is 0 Å². The zero-order chi connectivity index (χ0) is 24.6. The van der Waals surface area contributed by atoms with Gasteiger partial charge in [-0.1, -0.05) is 102 Å². The molecule has 1 aromatic heterocycles. The third-order valence-electron chi connectivity index (χ3n) is 6.27. The molecular weight excluding hydrogens is 426 g/mol. The highest BCUT2D eigenvalue weighted by Gasteiger charge is 2.26. The highest BCUT2D eigenvalue weighted by molar-refractivity contribution is 6.06. The fourth-order valence-corrected chi connectivity index (χ4v) is 4.20. The number of aliphatic hydroxyl groups excluding tert-OH is 1. The lowest BCUT2D eigenvalue weighted by Crippen LogP contribution is -2.52. The van der Waals surface area contributed by atoms with Crippen LogP contribution in [0.4, 0.5) is 0 Å². The summed E-state index contributed by atoms with van der Waals surface area (Å²) in [5.41, 5.74) is 0.248. The molecule has 1 heterocycles. The molecule has 34 heavy (non-hydrogen) atoms. The summed E-state index contributed by atoms with van der Waals surface area (Å²) in [6.45, 7) is 4.30. The Hall–Kier alpha value is -2.47. The Morgan fingerprint density at radius 3 is 2.09 bits per heavy atom. The molecule has 0 aliphatic rings. The van der Waals surface area contributed by atoms with Gasteiger partial charge in [0, 0.05) is 18.1 Å². The number of benzene rings is 1. The first-order chi connectivity index (χ1) is 16.5. The molecule has 188 valence electrons. The highest BCUT2D eigenvalue weighted by Crippen LogP contribution is 2.16. The number of unbranched alkanes of at least 4 members (excludes halogenated alkanes) is 11. The van der Waals surface area contributed by atoms with Crippen molar-refractivity contribution in [2.45, 2.75) is 103 Å².